The molecular weight excluding hydrogens is 175 g/mol. The molecule has 0 atom stereocenters. The average molecular weight is 184 g/mol. The number of hydrogen-bond acceptors (Lipinski definition) is 3. The van der Waals surface area contributed by atoms with Crippen LogP contribution in [-0.2, 0) is 13.9 Å². The minimum atomic E-state index is -4.59. The molecule has 0 fully saturated rings. The fraction of sp³-hybridized carbons (Fsp3) is 0.667. The van der Waals surface area contributed by atoms with Gasteiger partial charge in [-0.15, -0.1) is 0 Å². The van der Waals surface area contributed by atoms with E-state index in [4.69, 9.17) is 9.79 Å². The van der Waals surface area contributed by atoms with Gasteiger partial charge < -0.3 is 4.52 Å². The molecule has 0 aliphatic rings. The summed E-state index contributed by atoms with van der Waals surface area (Å²) in [4.78, 5) is 26.6. The molecule has 0 aromatic rings. The molecule has 0 aliphatic heterocycles. The molecule has 7 heteroatoms. The first-order valence-electron chi connectivity index (χ1n) is 2.73. The van der Waals surface area contributed by atoms with E-state index in [1.807, 2.05) is 0 Å². The van der Waals surface area contributed by atoms with Crippen LogP contribution in [0.3, 0.4) is 0 Å². The zero-order valence-corrected chi connectivity index (χ0v) is 8.38. The number of carbonyl (C=O) groups is 1. The number of carbonyl (C=O) groups excluding carboxylic acids is 1. The van der Waals surface area contributed by atoms with Crippen molar-refractivity contribution < 1.29 is 23.7 Å². The number of phosphoric acid groups is 1. The number of phosphoric ester groups is 1. The Morgan fingerprint density at radius 3 is 2.40 bits per heavy atom. The van der Waals surface area contributed by atoms with Gasteiger partial charge in [-0.25, -0.2) is 4.57 Å². The van der Waals surface area contributed by atoms with Crippen LogP contribution in [0.4, 0.5) is 0 Å². The lowest BCUT2D eigenvalue weighted by atomic mass is 10.5. The highest BCUT2D eigenvalue weighted by atomic mass is 31.2. The van der Waals surface area contributed by atoms with Gasteiger partial charge in [0.1, 0.15) is 0 Å². The van der Waals surface area contributed by atoms with Crippen LogP contribution in [0.1, 0.15) is 6.42 Å². The summed E-state index contributed by atoms with van der Waals surface area (Å²) < 4.78 is 13.7. The Bertz CT molecular complexity index is 162. The molecule has 0 spiro atoms. The second-order valence-corrected chi connectivity index (χ2v) is 3.87. The minimum Gasteiger partial charge on any atom is -0.371 e. The molecule has 0 amide bonds. The van der Waals surface area contributed by atoms with Crippen LogP contribution in [0.2, 0.25) is 6.04 Å². The maximum absolute atomic E-state index is 10.4. The Kier molecular flexibility index (Phi) is 3.81. The molecule has 0 heterocycles. The molecule has 0 saturated carbocycles. The standard InChI is InChI=1S/C3H9O5PSi/c4-3(1-2-10)8-9(5,6)7/h1-2H2,10H3,(H2,5,6,7). The molecule has 2 N–H and O–H groups in total. The third-order valence-corrected chi connectivity index (χ3v) is 1.62. The topological polar surface area (TPSA) is 83.8 Å². The highest BCUT2D eigenvalue weighted by molar-refractivity contribution is 7.46. The van der Waals surface area contributed by atoms with Gasteiger partial charge in [0, 0.05) is 16.7 Å². The van der Waals surface area contributed by atoms with Crippen LogP contribution in [0, 0.1) is 0 Å². The zero-order chi connectivity index (χ0) is 8.20. The second-order valence-electron chi connectivity index (χ2n) is 1.70. The number of hydrogen-bond donors (Lipinski definition) is 2. The first-order chi connectivity index (χ1) is 4.45. The van der Waals surface area contributed by atoms with Crippen molar-refractivity contribution in [2.45, 2.75) is 12.5 Å². The molecule has 5 nitrogen and oxygen atoms in total. The van der Waals surface area contributed by atoms with Gasteiger partial charge in [0.2, 0.25) is 0 Å². The third-order valence-electron chi connectivity index (χ3n) is 0.675. The molecule has 10 heavy (non-hydrogen) atoms. The number of rotatable bonds is 3. The maximum atomic E-state index is 10.4. The van der Waals surface area contributed by atoms with Crippen LogP contribution in [0.5, 0.6) is 0 Å². The van der Waals surface area contributed by atoms with Crippen molar-refractivity contribution in [2.75, 3.05) is 0 Å². The minimum absolute atomic E-state index is 0.0946. The van der Waals surface area contributed by atoms with Crippen LogP contribution in [0.25, 0.3) is 0 Å². The highest BCUT2D eigenvalue weighted by Crippen LogP contribution is 2.36. The van der Waals surface area contributed by atoms with E-state index < -0.39 is 13.8 Å². The maximum Gasteiger partial charge on any atom is 0.526 e. The normalized spacial score (nSPS) is 11.4. The van der Waals surface area contributed by atoms with Crippen molar-refractivity contribution in [2.24, 2.45) is 0 Å². The molecule has 0 aliphatic carbocycles. The van der Waals surface area contributed by atoms with Crippen LogP contribution >= 0.6 is 7.82 Å². The molecule has 0 rings (SSSR count). The van der Waals surface area contributed by atoms with Gasteiger partial charge >= 0.3 is 13.8 Å². The zero-order valence-electron chi connectivity index (χ0n) is 5.48. The third kappa shape index (κ3) is 5.96. The summed E-state index contributed by atoms with van der Waals surface area (Å²) in [5.74, 6) is -0.830. The summed E-state index contributed by atoms with van der Waals surface area (Å²) >= 11 is 0. The summed E-state index contributed by atoms with van der Waals surface area (Å²) in [5.41, 5.74) is 0. The van der Waals surface area contributed by atoms with Gasteiger partial charge in [-0.2, -0.15) is 0 Å². The fourth-order valence-corrected chi connectivity index (χ4v) is 1.15. The van der Waals surface area contributed by atoms with E-state index in [9.17, 15) is 9.36 Å². The van der Waals surface area contributed by atoms with Gasteiger partial charge in [-0.05, 0) is 0 Å². The lowest BCUT2D eigenvalue weighted by Crippen LogP contribution is -2.01. The average Bonchev–Trinajstić information content (AvgIpc) is 1.59. The van der Waals surface area contributed by atoms with Crippen molar-refractivity contribution in [3.8, 4) is 0 Å². The predicted octanol–water partition coefficient (Wildman–Crippen LogP) is -1.20. The quantitative estimate of drug-likeness (QED) is 0.425. The Morgan fingerprint density at radius 1 is 1.60 bits per heavy atom. The molecule has 0 saturated heterocycles. The Morgan fingerprint density at radius 2 is 2.10 bits per heavy atom. The van der Waals surface area contributed by atoms with Crippen LogP contribution in [-0.4, -0.2) is 26.0 Å². The first kappa shape index (κ1) is 9.84. The van der Waals surface area contributed by atoms with Gasteiger partial charge in [-0.1, -0.05) is 6.04 Å². The van der Waals surface area contributed by atoms with Gasteiger partial charge in [-0.3, -0.25) is 14.6 Å². The summed E-state index contributed by atoms with van der Waals surface area (Å²) in [6.07, 6.45) is 0.0946. The Hall–Kier alpha value is -0.163. The predicted molar refractivity (Wildman–Crippen MR) is 37.5 cm³/mol. The van der Waals surface area contributed by atoms with E-state index in [1.54, 1.807) is 0 Å². The van der Waals surface area contributed by atoms with E-state index in [-0.39, 0.29) is 6.42 Å². The van der Waals surface area contributed by atoms with Crippen LogP contribution < -0.4 is 0 Å². The monoisotopic (exact) mass is 184 g/mol. The molecular formula is C3H9O5PSi. The second kappa shape index (κ2) is 3.87. The van der Waals surface area contributed by atoms with E-state index >= 15 is 0 Å². The Labute approximate surface area is 61.1 Å². The van der Waals surface area contributed by atoms with Gasteiger partial charge in [0.05, 0.1) is 0 Å². The molecule has 0 bridgehead atoms. The van der Waals surface area contributed by atoms with E-state index in [1.165, 1.54) is 0 Å². The fourth-order valence-electron chi connectivity index (χ4n) is 0.382. The molecule has 60 valence electrons. The molecule has 0 radical (unpaired) electrons. The van der Waals surface area contributed by atoms with E-state index in [0.29, 0.717) is 6.04 Å². The molecule has 0 aromatic heterocycles. The SMILES string of the molecule is O=C(CC[SiH3])OP(=O)(O)O. The smallest absolute Gasteiger partial charge is 0.371 e. The summed E-state index contributed by atoms with van der Waals surface area (Å²) in [6, 6.07) is 0.652. The van der Waals surface area contributed by atoms with Crippen molar-refractivity contribution in [1.29, 1.82) is 0 Å². The summed E-state index contributed by atoms with van der Waals surface area (Å²) in [6.45, 7) is 0. The lowest BCUT2D eigenvalue weighted by molar-refractivity contribution is -0.135. The largest absolute Gasteiger partial charge is 0.526 e. The van der Waals surface area contributed by atoms with Crippen molar-refractivity contribution in [1.82, 2.24) is 0 Å². The van der Waals surface area contributed by atoms with E-state index in [0.717, 1.165) is 10.2 Å². The van der Waals surface area contributed by atoms with Crippen molar-refractivity contribution in [3.05, 3.63) is 0 Å². The molecule has 0 aromatic carbocycles. The van der Waals surface area contributed by atoms with Crippen molar-refractivity contribution >= 4 is 24.0 Å². The van der Waals surface area contributed by atoms with Crippen LogP contribution in [0.15, 0.2) is 0 Å². The van der Waals surface area contributed by atoms with Gasteiger partial charge in [0.25, 0.3) is 0 Å². The van der Waals surface area contributed by atoms with E-state index in [2.05, 4.69) is 4.52 Å². The van der Waals surface area contributed by atoms with Crippen molar-refractivity contribution in [3.63, 3.8) is 0 Å². The highest BCUT2D eigenvalue weighted by Gasteiger charge is 2.18. The summed E-state index contributed by atoms with van der Waals surface area (Å²) in [5, 5.41) is 0. The Balaban J connectivity index is 3.70. The summed E-state index contributed by atoms with van der Waals surface area (Å²) in [7, 11) is -3.76. The first-order valence-corrected chi connectivity index (χ1v) is 5.68. The lowest BCUT2D eigenvalue weighted by Gasteiger charge is -2.02. The van der Waals surface area contributed by atoms with Gasteiger partial charge in [0.15, 0.2) is 0 Å². The molecule has 0 unspecified atom stereocenters.